The van der Waals surface area contributed by atoms with Gasteiger partial charge in [0.1, 0.15) is 0 Å². The van der Waals surface area contributed by atoms with Gasteiger partial charge in [0.2, 0.25) is 21.2 Å². The van der Waals surface area contributed by atoms with Crippen LogP contribution in [0.4, 0.5) is 0 Å². The Morgan fingerprint density at radius 2 is 1.59 bits per heavy atom. The van der Waals surface area contributed by atoms with Gasteiger partial charge in [0, 0.05) is 18.0 Å². The highest BCUT2D eigenvalue weighted by molar-refractivity contribution is 7.89. The van der Waals surface area contributed by atoms with Crippen LogP contribution in [0, 0.1) is 12.3 Å². The molecule has 2 N–H and O–H groups in total. The van der Waals surface area contributed by atoms with Crippen LogP contribution in [-0.2, 0) is 14.8 Å². The Hall–Kier alpha value is -4.06. The van der Waals surface area contributed by atoms with E-state index >= 15 is 0 Å². The Morgan fingerprint density at radius 1 is 1.00 bits per heavy atom. The number of sulfonamides is 1. The fourth-order valence-corrected chi connectivity index (χ4v) is 4.38. The van der Waals surface area contributed by atoms with Crippen molar-refractivity contribution >= 4 is 27.6 Å². The van der Waals surface area contributed by atoms with Crippen LogP contribution in [-0.4, -0.2) is 25.3 Å². The average Bonchev–Trinajstić information content (AvgIpc) is 2.84. The van der Waals surface area contributed by atoms with E-state index in [1.807, 2.05) is 37.3 Å². The third kappa shape index (κ3) is 6.48. The Bertz CT molecular complexity index is 1340. The zero-order chi connectivity index (χ0) is 24.6. The summed E-state index contributed by atoms with van der Waals surface area (Å²) in [5, 5.41) is 19.9. The van der Waals surface area contributed by atoms with Crippen LogP contribution in [0.2, 0.25) is 0 Å². The quantitative estimate of drug-likeness (QED) is 0.255. The van der Waals surface area contributed by atoms with Crippen LogP contribution in [0.15, 0.2) is 102 Å². The maximum Gasteiger partial charge on any atom is 0.468 e. The third-order valence-electron chi connectivity index (χ3n) is 5.00. The SMILES string of the molecule is Cc1ccc(S(=O)(=O)NC(/C=C/c2ccccc2)CC(=O)/C([N+]#N)=C(\O)c2ccccc2)cc1. The molecule has 3 aromatic rings. The molecule has 0 heterocycles. The van der Waals surface area contributed by atoms with Crippen molar-refractivity contribution < 1.29 is 18.3 Å². The monoisotopic (exact) mass is 474 g/mol. The molecule has 0 saturated heterocycles. The van der Waals surface area contributed by atoms with Crippen LogP contribution >= 0.6 is 0 Å². The van der Waals surface area contributed by atoms with Gasteiger partial charge in [-0.05, 0) is 24.6 Å². The number of carbonyl (C=O) groups excluding carboxylic acids is 1. The molecule has 0 bridgehead atoms. The highest BCUT2D eigenvalue weighted by Crippen LogP contribution is 2.20. The van der Waals surface area contributed by atoms with E-state index in [0.717, 1.165) is 11.1 Å². The third-order valence-corrected chi connectivity index (χ3v) is 6.51. The number of benzene rings is 3. The molecule has 3 rings (SSSR count). The molecule has 1 unspecified atom stereocenters. The average molecular weight is 475 g/mol. The molecule has 0 aliphatic heterocycles. The summed E-state index contributed by atoms with van der Waals surface area (Å²) in [4.78, 5) is 16.0. The second-order valence-electron chi connectivity index (χ2n) is 7.60. The van der Waals surface area contributed by atoms with E-state index in [-0.39, 0.29) is 11.3 Å². The van der Waals surface area contributed by atoms with Crippen LogP contribution < -0.4 is 4.72 Å². The lowest BCUT2D eigenvalue weighted by atomic mass is 10.0. The van der Waals surface area contributed by atoms with Crippen LogP contribution in [0.25, 0.3) is 16.8 Å². The van der Waals surface area contributed by atoms with Crippen molar-refractivity contribution in [2.75, 3.05) is 0 Å². The number of hydrogen-bond acceptors (Lipinski definition) is 5. The molecule has 8 heteroatoms. The number of aliphatic hydroxyl groups is 1. The minimum atomic E-state index is -3.96. The van der Waals surface area contributed by atoms with Crippen LogP contribution in [0.3, 0.4) is 0 Å². The van der Waals surface area contributed by atoms with Crippen molar-refractivity contribution in [1.29, 1.82) is 5.39 Å². The molecule has 172 valence electrons. The summed E-state index contributed by atoms with van der Waals surface area (Å²) in [6.45, 7) is 1.85. The van der Waals surface area contributed by atoms with Crippen molar-refractivity contribution in [1.82, 2.24) is 4.72 Å². The van der Waals surface area contributed by atoms with Gasteiger partial charge in [-0.15, -0.1) is 0 Å². The number of ketones is 1. The van der Waals surface area contributed by atoms with Gasteiger partial charge in [-0.25, -0.2) is 13.1 Å². The Morgan fingerprint density at radius 3 is 2.18 bits per heavy atom. The summed E-state index contributed by atoms with van der Waals surface area (Å²) in [6, 6.07) is 22.7. The molecule has 0 aliphatic rings. The largest absolute Gasteiger partial charge is 0.501 e. The first-order valence-electron chi connectivity index (χ1n) is 10.5. The van der Waals surface area contributed by atoms with Crippen molar-refractivity contribution in [2.24, 2.45) is 0 Å². The first-order valence-corrected chi connectivity index (χ1v) is 12.0. The number of allylic oxidation sites excluding steroid dienone is 1. The van der Waals surface area contributed by atoms with Gasteiger partial charge in [0.25, 0.3) is 5.78 Å². The Kier molecular flexibility index (Phi) is 8.09. The van der Waals surface area contributed by atoms with Crippen molar-refractivity contribution in [3.8, 4) is 0 Å². The van der Waals surface area contributed by atoms with E-state index in [1.54, 1.807) is 54.6 Å². The van der Waals surface area contributed by atoms with Crippen molar-refractivity contribution in [3.05, 3.63) is 118 Å². The number of nitrogens with zero attached hydrogens (tertiary/aromatic N) is 2. The predicted molar refractivity (Wildman–Crippen MR) is 131 cm³/mol. The number of diazo groups is 1. The van der Waals surface area contributed by atoms with E-state index in [9.17, 15) is 23.7 Å². The highest BCUT2D eigenvalue weighted by Gasteiger charge is 2.32. The smallest absolute Gasteiger partial charge is 0.468 e. The molecule has 0 saturated carbocycles. The molecule has 0 fully saturated rings. The van der Waals surface area contributed by atoms with Gasteiger partial charge >= 0.3 is 5.70 Å². The topological polar surface area (TPSA) is 112 Å². The van der Waals surface area contributed by atoms with E-state index in [0.29, 0.717) is 5.56 Å². The first-order chi connectivity index (χ1) is 16.3. The maximum absolute atomic E-state index is 13.0. The normalized spacial score (nSPS) is 13.2. The molecule has 34 heavy (non-hydrogen) atoms. The van der Waals surface area contributed by atoms with E-state index in [2.05, 4.69) is 9.70 Å². The number of nitrogens with one attached hydrogen (secondary N) is 1. The van der Waals surface area contributed by atoms with Crippen molar-refractivity contribution in [2.45, 2.75) is 24.3 Å². The van der Waals surface area contributed by atoms with E-state index in [1.165, 1.54) is 12.1 Å². The lowest BCUT2D eigenvalue weighted by molar-refractivity contribution is -0.115. The molecular weight excluding hydrogens is 450 g/mol. The van der Waals surface area contributed by atoms with Gasteiger partial charge in [-0.2, -0.15) is 0 Å². The van der Waals surface area contributed by atoms with Gasteiger partial charge in [0.05, 0.1) is 4.90 Å². The Labute approximate surface area is 198 Å². The lowest BCUT2D eigenvalue weighted by Gasteiger charge is -2.14. The number of aliphatic hydroxyl groups excluding tert-OH is 1. The highest BCUT2D eigenvalue weighted by atomic mass is 32.2. The van der Waals surface area contributed by atoms with E-state index < -0.39 is 33.3 Å². The van der Waals surface area contributed by atoms with Gasteiger partial charge < -0.3 is 5.11 Å². The molecule has 7 nitrogen and oxygen atoms in total. The number of carbonyl (C=O) groups is 1. The zero-order valence-electron chi connectivity index (χ0n) is 18.5. The molecule has 0 aromatic heterocycles. The van der Waals surface area contributed by atoms with Crippen LogP contribution in [0.1, 0.15) is 23.1 Å². The summed E-state index contributed by atoms with van der Waals surface area (Å²) >= 11 is 0. The second kappa shape index (κ2) is 11.2. The second-order valence-corrected chi connectivity index (χ2v) is 9.32. The standard InChI is InChI=1S/C26H23N3O4S/c1-19-12-16-23(17-13-19)34(32,33)29-22(15-14-20-8-4-2-5-9-20)18-24(30)25(28-27)26(31)21-10-6-3-7-11-21/h2-17,22,29H,18H2,1H3/p+1/b15-14+. The first kappa shape index (κ1) is 24.6. The molecule has 0 aliphatic carbocycles. The summed E-state index contributed by atoms with van der Waals surface area (Å²) in [5.74, 6) is -1.24. The summed E-state index contributed by atoms with van der Waals surface area (Å²) in [6.07, 6.45) is 2.85. The molecular formula is C26H24N3O4S+. The molecule has 1 atom stereocenters. The number of hydrogen-bond donors (Lipinski definition) is 2. The zero-order valence-corrected chi connectivity index (χ0v) is 19.3. The Balaban J connectivity index is 1.91. The number of Topliss-reactive ketones (excluding diaryl/α,β-unsaturated/α-hetero) is 1. The number of rotatable bonds is 9. The van der Waals surface area contributed by atoms with Gasteiger partial charge in [-0.3, -0.25) is 4.79 Å². The maximum atomic E-state index is 13.0. The lowest BCUT2D eigenvalue weighted by Crippen LogP contribution is -2.35. The summed E-state index contributed by atoms with van der Waals surface area (Å²) < 4.78 is 28.4. The van der Waals surface area contributed by atoms with Gasteiger partial charge in [0.15, 0.2) is 4.98 Å². The minimum absolute atomic E-state index is 0.0541. The molecule has 0 radical (unpaired) electrons. The fraction of sp³-hybridized carbons (Fsp3) is 0.115. The summed E-state index contributed by atoms with van der Waals surface area (Å²) in [7, 11) is -3.96. The fourth-order valence-electron chi connectivity index (χ4n) is 3.19. The van der Waals surface area contributed by atoms with Gasteiger partial charge in [-0.1, -0.05) is 90.5 Å². The molecule has 0 amide bonds. The number of aryl methyl sites for hydroxylation is 1. The minimum Gasteiger partial charge on any atom is -0.501 e. The molecule has 0 spiro atoms. The van der Waals surface area contributed by atoms with E-state index in [4.69, 9.17) is 0 Å². The summed E-state index contributed by atoms with van der Waals surface area (Å²) in [5.41, 5.74) is 1.45. The predicted octanol–water partition coefficient (Wildman–Crippen LogP) is 5.09. The molecule has 3 aromatic carbocycles. The van der Waals surface area contributed by atoms with Crippen molar-refractivity contribution in [3.63, 3.8) is 0 Å². The van der Waals surface area contributed by atoms with Crippen LogP contribution in [0.5, 0.6) is 0 Å².